The van der Waals surface area contributed by atoms with Gasteiger partial charge in [0.05, 0.1) is 4.90 Å². The van der Waals surface area contributed by atoms with Gasteiger partial charge in [-0.2, -0.15) is 0 Å². The zero-order valence-electron chi connectivity index (χ0n) is 10.4. The van der Waals surface area contributed by atoms with Crippen LogP contribution in [-0.2, 0) is 10.0 Å². The molecule has 0 saturated carbocycles. The Balaban J connectivity index is 2.76. The van der Waals surface area contributed by atoms with E-state index in [1.165, 1.54) is 0 Å². The first-order chi connectivity index (χ1) is 7.98. The van der Waals surface area contributed by atoms with E-state index in [1.807, 2.05) is 6.92 Å². The highest BCUT2D eigenvalue weighted by Gasteiger charge is 2.20. The van der Waals surface area contributed by atoms with Crippen LogP contribution in [0.25, 0.3) is 0 Å². The van der Waals surface area contributed by atoms with Gasteiger partial charge in [-0.25, -0.2) is 8.42 Å². The molecule has 0 saturated heterocycles. The second-order valence-electron chi connectivity index (χ2n) is 4.14. The van der Waals surface area contributed by atoms with E-state index in [2.05, 4.69) is 6.92 Å². The van der Waals surface area contributed by atoms with Crippen LogP contribution in [0.15, 0.2) is 29.2 Å². The van der Waals surface area contributed by atoms with Crippen LogP contribution >= 0.6 is 0 Å². The molecule has 0 fully saturated rings. The topological polar surface area (TPSA) is 63.4 Å². The van der Waals surface area contributed by atoms with E-state index >= 15 is 0 Å². The van der Waals surface area contributed by atoms with E-state index in [9.17, 15) is 8.42 Å². The second-order valence-corrected chi connectivity index (χ2v) is 6.03. The van der Waals surface area contributed by atoms with Crippen molar-refractivity contribution in [1.29, 1.82) is 0 Å². The number of rotatable bonds is 6. The number of sulfonamides is 1. The molecule has 0 amide bonds. The van der Waals surface area contributed by atoms with Gasteiger partial charge in [0.2, 0.25) is 0 Å². The van der Waals surface area contributed by atoms with E-state index in [-0.39, 0.29) is 4.90 Å². The predicted octanol–water partition coefficient (Wildman–Crippen LogP) is 2.05. The number of nitrogens with zero attached hydrogens (tertiary/aromatic N) is 1. The summed E-state index contributed by atoms with van der Waals surface area (Å²) in [5, 5.41) is 0. The maximum atomic E-state index is 12.0. The summed E-state index contributed by atoms with van der Waals surface area (Å²) in [5.74, 6) is 5.61. The largest absolute Gasteiger partial charge is 0.255 e. The molecule has 0 unspecified atom stereocenters. The molecule has 0 bridgehead atoms. The van der Waals surface area contributed by atoms with Gasteiger partial charge in [0, 0.05) is 6.54 Å². The molecule has 0 aliphatic rings. The Labute approximate surface area is 103 Å². The maximum absolute atomic E-state index is 12.0. The molecule has 1 aromatic rings. The van der Waals surface area contributed by atoms with Gasteiger partial charge in [0.25, 0.3) is 10.0 Å². The van der Waals surface area contributed by atoms with Crippen LogP contribution in [0.1, 0.15) is 31.7 Å². The molecule has 1 aromatic carbocycles. The molecule has 17 heavy (non-hydrogen) atoms. The fourth-order valence-electron chi connectivity index (χ4n) is 1.48. The molecule has 0 atom stereocenters. The first-order valence-corrected chi connectivity index (χ1v) is 7.26. The number of hydrazine groups is 1. The van der Waals surface area contributed by atoms with Crippen LogP contribution in [-0.4, -0.2) is 19.4 Å². The molecule has 2 N–H and O–H groups in total. The summed E-state index contributed by atoms with van der Waals surface area (Å²) in [5.41, 5.74) is 1.03. The molecule has 0 aromatic heterocycles. The Bertz CT molecular complexity index is 440. The van der Waals surface area contributed by atoms with Crippen molar-refractivity contribution < 1.29 is 8.42 Å². The minimum absolute atomic E-state index is 0.252. The molecule has 96 valence electrons. The van der Waals surface area contributed by atoms with E-state index in [1.54, 1.807) is 24.3 Å². The van der Waals surface area contributed by atoms with Crippen molar-refractivity contribution in [2.45, 2.75) is 38.0 Å². The third-order valence-corrected chi connectivity index (χ3v) is 4.28. The summed E-state index contributed by atoms with van der Waals surface area (Å²) >= 11 is 0. The maximum Gasteiger partial charge on any atom is 0.255 e. The van der Waals surface area contributed by atoms with Crippen molar-refractivity contribution >= 4 is 10.0 Å². The standard InChI is InChI=1S/C12H20N2O2S/c1-3-4-5-10-14(13)17(15,16)12-8-6-11(2)7-9-12/h6-9H,3-5,10,13H2,1-2H3. The van der Waals surface area contributed by atoms with Gasteiger partial charge < -0.3 is 0 Å². The van der Waals surface area contributed by atoms with Crippen molar-refractivity contribution in [2.24, 2.45) is 5.84 Å². The van der Waals surface area contributed by atoms with Crippen molar-refractivity contribution in [3.63, 3.8) is 0 Å². The van der Waals surface area contributed by atoms with Gasteiger partial charge in [-0.1, -0.05) is 37.5 Å². The highest BCUT2D eigenvalue weighted by Crippen LogP contribution is 2.14. The van der Waals surface area contributed by atoms with Crippen molar-refractivity contribution in [2.75, 3.05) is 6.54 Å². The monoisotopic (exact) mass is 256 g/mol. The number of hydrogen-bond acceptors (Lipinski definition) is 3. The zero-order chi connectivity index (χ0) is 12.9. The van der Waals surface area contributed by atoms with Crippen LogP contribution in [0.4, 0.5) is 0 Å². The third kappa shape index (κ3) is 3.80. The number of nitrogens with two attached hydrogens (primary N) is 1. The van der Waals surface area contributed by atoms with E-state index in [4.69, 9.17) is 5.84 Å². The van der Waals surface area contributed by atoms with Gasteiger partial charge in [0.15, 0.2) is 0 Å². The number of hydrogen-bond donors (Lipinski definition) is 1. The summed E-state index contributed by atoms with van der Waals surface area (Å²) < 4.78 is 25.0. The van der Waals surface area contributed by atoms with E-state index in [0.29, 0.717) is 6.54 Å². The number of unbranched alkanes of at least 4 members (excludes halogenated alkanes) is 2. The van der Waals surface area contributed by atoms with Crippen molar-refractivity contribution in [1.82, 2.24) is 4.41 Å². The SMILES string of the molecule is CCCCCN(N)S(=O)(=O)c1ccc(C)cc1. The highest BCUT2D eigenvalue weighted by atomic mass is 32.2. The number of benzene rings is 1. The number of aryl methyl sites for hydroxylation is 1. The van der Waals surface area contributed by atoms with Crippen LogP contribution in [0.5, 0.6) is 0 Å². The lowest BCUT2D eigenvalue weighted by atomic mass is 10.2. The normalized spacial score (nSPS) is 12.0. The molecule has 0 spiro atoms. The lowest BCUT2D eigenvalue weighted by Crippen LogP contribution is -2.38. The molecule has 0 aliphatic heterocycles. The minimum Gasteiger partial charge on any atom is -0.255 e. The fourth-order valence-corrected chi connectivity index (χ4v) is 2.60. The summed E-state index contributed by atoms with van der Waals surface area (Å²) in [6.07, 6.45) is 2.81. The highest BCUT2D eigenvalue weighted by molar-refractivity contribution is 7.89. The Kier molecular flexibility index (Phi) is 5.11. The predicted molar refractivity (Wildman–Crippen MR) is 68.8 cm³/mol. The Hall–Kier alpha value is -0.910. The van der Waals surface area contributed by atoms with Crippen LogP contribution < -0.4 is 5.84 Å². The van der Waals surface area contributed by atoms with Crippen LogP contribution in [0.2, 0.25) is 0 Å². The molecule has 1 rings (SSSR count). The fraction of sp³-hybridized carbons (Fsp3) is 0.500. The first kappa shape index (κ1) is 14.2. The second kappa shape index (κ2) is 6.14. The molecular weight excluding hydrogens is 236 g/mol. The van der Waals surface area contributed by atoms with Crippen LogP contribution in [0.3, 0.4) is 0 Å². The van der Waals surface area contributed by atoms with Gasteiger partial charge in [-0.3, -0.25) is 5.84 Å². The van der Waals surface area contributed by atoms with Crippen molar-refractivity contribution in [3.05, 3.63) is 29.8 Å². The Morgan fingerprint density at radius 2 is 1.76 bits per heavy atom. The van der Waals surface area contributed by atoms with E-state index < -0.39 is 10.0 Å². The first-order valence-electron chi connectivity index (χ1n) is 5.82. The quantitative estimate of drug-likeness (QED) is 0.481. The Morgan fingerprint density at radius 1 is 1.18 bits per heavy atom. The molecule has 4 nitrogen and oxygen atoms in total. The molecular formula is C12H20N2O2S. The van der Waals surface area contributed by atoms with Gasteiger partial charge in [-0.05, 0) is 25.5 Å². The van der Waals surface area contributed by atoms with E-state index in [0.717, 1.165) is 29.2 Å². The third-order valence-electron chi connectivity index (χ3n) is 2.61. The average molecular weight is 256 g/mol. The molecule has 0 aliphatic carbocycles. The Morgan fingerprint density at radius 3 is 2.29 bits per heavy atom. The van der Waals surface area contributed by atoms with Gasteiger partial charge in [0.1, 0.15) is 0 Å². The van der Waals surface area contributed by atoms with Crippen LogP contribution in [0, 0.1) is 6.92 Å². The lowest BCUT2D eigenvalue weighted by molar-refractivity contribution is 0.413. The van der Waals surface area contributed by atoms with Gasteiger partial charge >= 0.3 is 0 Å². The zero-order valence-corrected chi connectivity index (χ0v) is 11.2. The molecule has 0 radical (unpaired) electrons. The van der Waals surface area contributed by atoms with Gasteiger partial charge in [-0.15, -0.1) is 4.41 Å². The summed E-state index contributed by atoms with van der Waals surface area (Å²) in [6, 6.07) is 6.72. The lowest BCUT2D eigenvalue weighted by Gasteiger charge is -2.16. The van der Waals surface area contributed by atoms with Crippen molar-refractivity contribution in [3.8, 4) is 0 Å². The summed E-state index contributed by atoms with van der Waals surface area (Å²) in [7, 11) is -3.53. The summed E-state index contributed by atoms with van der Waals surface area (Å²) in [6.45, 7) is 4.34. The molecule has 5 heteroatoms. The minimum atomic E-state index is -3.53. The molecule has 0 heterocycles. The summed E-state index contributed by atoms with van der Waals surface area (Å²) in [4.78, 5) is 0.252. The smallest absolute Gasteiger partial charge is 0.255 e. The average Bonchev–Trinajstić information content (AvgIpc) is 2.29.